The molecule has 2 rings (SSSR count). The molecule has 1 aromatic carbocycles. The summed E-state index contributed by atoms with van der Waals surface area (Å²) in [4.78, 5) is 11.8. The number of amides is 1. The van der Waals surface area contributed by atoms with Crippen LogP contribution in [0.4, 0.5) is 0 Å². The molecule has 94 valence electrons. The first kappa shape index (κ1) is 13.0. The van der Waals surface area contributed by atoms with Crippen LogP contribution in [0.1, 0.15) is 10.4 Å². The van der Waals surface area contributed by atoms with Crippen LogP contribution in [-0.4, -0.2) is 17.0 Å². The highest BCUT2D eigenvalue weighted by atomic mass is 35.5. The van der Waals surface area contributed by atoms with Gasteiger partial charge in [0, 0.05) is 31.0 Å². The van der Waals surface area contributed by atoms with E-state index in [-0.39, 0.29) is 5.91 Å². The van der Waals surface area contributed by atoms with Crippen molar-refractivity contribution in [2.75, 3.05) is 6.54 Å². The Kier molecular flexibility index (Phi) is 4.28. The molecule has 5 heteroatoms. The summed E-state index contributed by atoms with van der Waals surface area (Å²) in [5.41, 5.74) is 0.511. The zero-order chi connectivity index (χ0) is 13.0. The number of rotatable bonds is 4. The van der Waals surface area contributed by atoms with Crippen molar-refractivity contribution in [2.45, 2.75) is 6.54 Å². The van der Waals surface area contributed by atoms with E-state index in [1.54, 1.807) is 18.2 Å². The lowest BCUT2D eigenvalue weighted by molar-refractivity contribution is 0.0952. The number of carbonyl (C=O) groups excluding carboxylic acids is 1. The maximum absolute atomic E-state index is 11.8. The molecular formula is C13H12Cl2N2O. The summed E-state index contributed by atoms with van der Waals surface area (Å²) >= 11 is 11.6. The molecule has 3 nitrogen and oxygen atoms in total. The number of hydrogen-bond acceptors (Lipinski definition) is 1. The molecule has 0 fully saturated rings. The highest BCUT2D eigenvalue weighted by molar-refractivity contribution is 6.42. The number of carbonyl (C=O) groups is 1. The molecule has 1 amide bonds. The molecule has 0 radical (unpaired) electrons. The van der Waals surface area contributed by atoms with Crippen LogP contribution in [0.15, 0.2) is 42.7 Å². The van der Waals surface area contributed by atoms with E-state index in [0.717, 1.165) is 6.54 Å². The van der Waals surface area contributed by atoms with Gasteiger partial charge in [0.25, 0.3) is 5.91 Å². The van der Waals surface area contributed by atoms with Gasteiger partial charge < -0.3 is 9.88 Å². The van der Waals surface area contributed by atoms with E-state index in [1.165, 1.54) is 0 Å². The van der Waals surface area contributed by atoms with Gasteiger partial charge >= 0.3 is 0 Å². The van der Waals surface area contributed by atoms with Crippen molar-refractivity contribution in [3.63, 3.8) is 0 Å². The molecule has 1 heterocycles. The minimum absolute atomic E-state index is 0.152. The zero-order valence-electron chi connectivity index (χ0n) is 9.57. The Morgan fingerprint density at radius 3 is 2.56 bits per heavy atom. The third-order valence-electron chi connectivity index (χ3n) is 2.50. The molecule has 0 spiro atoms. The van der Waals surface area contributed by atoms with Gasteiger partial charge in [-0.3, -0.25) is 4.79 Å². The first-order chi connectivity index (χ1) is 8.66. The predicted octanol–water partition coefficient (Wildman–Crippen LogP) is 3.22. The Hall–Kier alpha value is -1.45. The third-order valence-corrected chi connectivity index (χ3v) is 3.24. The molecule has 0 aliphatic heterocycles. The molecule has 0 aliphatic rings. The summed E-state index contributed by atoms with van der Waals surface area (Å²) in [5, 5.41) is 3.65. The minimum atomic E-state index is -0.152. The molecule has 0 atom stereocenters. The maximum atomic E-state index is 11.8. The third kappa shape index (κ3) is 3.28. The molecule has 1 aromatic heterocycles. The lowest BCUT2D eigenvalue weighted by atomic mass is 10.2. The lowest BCUT2D eigenvalue weighted by Gasteiger charge is -2.07. The van der Waals surface area contributed by atoms with Crippen LogP contribution in [0.3, 0.4) is 0 Å². The van der Waals surface area contributed by atoms with Gasteiger partial charge in [0.2, 0.25) is 0 Å². The normalized spacial score (nSPS) is 10.3. The molecule has 0 aliphatic carbocycles. The van der Waals surface area contributed by atoms with E-state index in [4.69, 9.17) is 23.2 Å². The Morgan fingerprint density at radius 1 is 1.17 bits per heavy atom. The van der Waals surface area contributed by atoms with E-state index in [0.29, 0.717) is 22.2 Å². The van der Waals surface area contributed by atoms with Crippen molar-refractivity contribution in [3.8, 4) is 0 Å². The lowest BCUT2D eigenvalue weighted by Crippen LogP contribution is -2.26. The SMILES string of the molecule is O=C(NCCn1cccc1)c1ccc(Cl)c(Cl)c1. The second kappa shape index (κ2) is 5.94. The monoisotopic (exact) mass is 282 g/mol. The average molecular weight is 283 g/mol. The van der Waals surface area contributed by atoms with Gasteiger partial charge in [-0.1, -0.05) is 23.2 Å². The van der Waals surface area contributed by atoms with Crippen LogP contribution in [-0.2, 0) is 6.54 Å². The van der Waals surface area contributed by atoms with Crippen molar-refractivity contribution in [1.29, 1.82) is 0 Å². The zero-order valence-corrected chi connectivity index (χ0v) is 11.1. The van der Waals surface area contributed by atoms with E-state index in [1.807, 2.05) is 29.1 Å². The molecule has 0 saturated heterocycles. The summed E-state index contributed by atoms with van der Waals surface area (Å²) in [6.45, 7) is 1.30. The molecular weight excluding hydrogens is 271 g/mol. The Bertz CT molecular complexity index is 538. The first-order valence-corrected chi connectivity index (χ1v) is 6.26. The summed E-state index contributed by atoms with van der Waals surface area (Å²) in [5.74, 6) is -0.152. The van der Waals surface area contributed by atoms with Gasteiger partial charge in [-0.2, -0.15) is 0 Å². The molecule has 1 N–H and O–H groups in total. The highest BCUT2D eigenvalue weighted by Crippen LogP contribution is 2.22. The number of aromatic nitrogens is 1. The van der Waals surface area contributed by atoms with Gasteiger partial charge in [0.15, 0.2) is 0 Å². The second-order valence-electron chi connectivity index (χ2n) is 3.81. The standard InChI is InChI=1S/C13H12Cl2N2O/c14-11-4-3-10(9-12(11)15)13(18)16-5-8-17-6-1-2-7-17/h1-4,6-7,9H,5,8H2,(H,16,18). The van der Waals surface area contributed by atoms with Crippen LogP contribution in [0, 0.1) is 0 Å². The molecule has 0 bridgehead atoms. The number of hydrogen-bond donors (Lipinski definition) is 1. The summed E-state index contributed by atoms with van der Waals surface area (Å²) in [6, 6.07) is 8.72. The molecule has 0 saturated carbocycles. The topological polar surface area (TPSA) is 34.0 Å². The fraction of sp³-hybridized carbons (Fsp3) is 0.154. The quantitative estimate of drug-likeness (QED) is 0.918. The van der Waals surface area contributed by atoms with Crippen molar-refractivity contribution in [1.82, 2.24) is 9.88 Å². The van der Waals surface area contributed by atoms with Gasteiger partial charge in [0.1, 0.15) is 0 Å². The van der Waals surface area contributed by atoms with E-state index in [9.17, 15) is 4.79 Å². The fourth-order valence-corrected chi connectivity index (χ4v) is 1.86. The summed E-state index contributed by atoms with van der Waals surface area (Å²) in [7, 11) is 0. The number of benzene rings is 1. The van der Waals surface area contributed by atoms with Crippen LogP contribution in [0.5, 0.6) is 0 Å². The predicted molar refractivity (Wildman–Crippen MR) is 73.2 cm³/mol. The minimum Gasteiger partial charge on any atom is -0.353 e. The first-order valence-electron chi connectivity index (χ1n) is 5.51. The van der Waals surface area contributed by atoms with Crippen LogP contribution < -0.4 is 5.32 Å². The van der Waals surface area contributed by atoms with Crippen LogP contribution >= 0.6 is 23.2 Å². The second-order valence-corrected chi connectivity index (χ2v) is 4.62. The van der Waals surface area contributed by atoms with Crippen molar-refractivity contribution >= 4 is 29.1 Å². The maximum Gasteiger partial charge on any atom is 0.251 e. The average Bonchev–Trinajstić information content (AvgIpc) is 2.85. The van der Waals surface area contributed by atoms with E-state index < -0.39 is 0 Å². The van der Waals surface area contributed by atoms with Gasteiger partial charge in [-0.25, -0.2) is 0 Å². The fourth-order valence-electron chi connectivity index (χ4n) is 1.56. The summed E-state index contributed by atoms with van der Waals surface area (Å²) in [6.07, 6.45) is 3.90. The number of nitrogens with zero attached hydrogens (tertiary/aromatic N) is 1. The Labute approximate surface area is 115 Å². The van der Waals surface area contributed by atoms with Gasteiger partial charge in [0.05, 0.1) is 10.0 Å². The highest BCUT2D eigenvalue weighted by Gasteiger charge is 2.07. The summed E-state index contributed by atoms with van der Waals surface area (Å²) < 4.78 is 2.00. The van der Waals surface area contributed by atoms with Crippen LogP contribution in [0.25, 0.3) is 0 Å². The smallest absolute Gasteiger partial charge is 0.251 e. The number of halogens is 2. The molecule has 0 unspecified atom stereocenters. The van der Waals surface area contributed by atoms with Gasteiger partial charge in [-0.05, 0) is 30.3 Å². The van der Waals surface area contributed by atoms with Crippen molar-refractivity contribution in [2.24, 2.45) is 0 Å². The van der Waals surface area contributed by atoms with Crippen LogP contribution in [0.2, 0.25) is 10.0 Å². The van der Waals surface area contributed by atoms with Crippen molar-refractivity contribution < 1.29 is 4.79 Å². The molecule has 2 aromatic rings. The van der Waals surface area contributed by atoms with Gasteiger partial charge in [-0.15, -0.1) is 0 Å². The Morgan fingerprint density at radius 2 is 1.89 bits per heavy atom. The van der Waals surface area contributed by atoms with E-state index >= 15 is 0 Å². The van der Waals surface area contributed by atoms with Crippen molar-refractivity contribution in [3.05, 3.63) is 58.3 Å². The Balaban J connectivity index is 1.89. The number of nitrogens with one attached hydrogen (secondary N) is 1. The molecule has 18 heavy (non-hydrogen) atoms. The van der Waals surface area contributed by atoms with E-state index in [2.05, 4.69) is 5.32 Å². The largest absolute Gasteiger partial charge is 0.353 e.